The van der Waals surface area contributed by atoms with Crippen molar-refractivity contribution in [2.45, 2.75) is 44.7 Å². The van der Waals surface area contributed by atoms with Crippen molar-refractivity contribution < 1.29 is 0 Å². The van der Waals surface area contributed by atoms with Crippen molar-refractivity contribution in [3.05, 3.63) is 35.9 Å². The van der Waals surface area contributed by atoms with Gasteiger partial charge in [-0.15, -0.1) is 0 Å². The van der Waals surface area contributed by atoms with E-state index in [2.05, 4.69) is 54.4 Å². The highest BCUT2D eigenvalue weighted by Gasteiger charge is 2.35. The summed E-state index contributed by atoms with van der Waals surface area (Å²) < 4.78 is 0. The normalized spacial score (nSPS) is 27.4. The van der Waals surface area contributed by atoms with E-state index in [0.29, 0.717) is 6.04 Å². The number of piperazine rings is 1. The summed E-state index contributed by atoms with van der Waals surface area (Å²) in [6.07, 6.45) is 4.07. The van der Waals surface area contributed by atoms with Crippen LogP contribution in [0.3, 0.4) is 0 Å². The van der Waals surface area contributed by atoms with Crippen molar-refractivity contribution in [2.24, 2.45) is 5.92 Å². The molecule has 2 fully saturated rings. The third kappa shape index (κ3) is 3.58. The van der Waals surface area contributed by atoms with Gasteiger partial charge in [0.2, 0.25) is 0 Å². The van der Waals surface area contributed by atoms with E-state index in [-0.39, 0.29) is 5.54 Å². The summed E-state index contributed by atoms with van der Waals surface area (Å²) >= 11 is 0. The van der Waals surface area contributed by atoms with Crippen LogP contribution in [0, 0.1) is 5.92 Å². The summed E-state index contributed by atoms with van der Waals surface area (Å²) in [5, 5.41) is 3.71. The molecular weight excluding hydrogens is 232 g/mol. The largest absolute Gasteiger partial charge is 0.309 e. The number of hydrogen-bond donors (Lipinski definition) is 1. The third-order valence-corrected chi connectivity index (χ3v) is 4.43. The maximum atomic E-state index is 3.71. The van der Waals surface area contributed by atoms with Gasteiger partial charge >= 0.3 is 0 Å². The van der Waals surface area contributed by atoms with Crippen LogP contribution in [0.15, 0.2) is 30.3 Å². The number of nitrogens with zero attached hydrogens (tertiary/aromatic N) is 1. The first-order valence-electron chi connectivity index (χ1n) is 7.65. The average Bonchev–Trinajstić information content (AvgIpc) is 3.18. The van der Waals surface area contributed by atoms with Crippen LogP contribution in [-0.4, -0.2) is 36.1 Å². The summed E-state index contributed by atoms with van der Waals surface area (Å²) in [5.41, 5.74) is 1.73. The first kappa shape index (κ1) is 13.1. The third-order valence-electron chi connectivity index (χ3n) is 4.43. The van der Waals surface area contributed by atoms with E-state index in [1.165, 1.54) is 37.9 Å². The van der Waals surface area contributed by atoms with Crippen molar-refractivity contribution in [1.82, 2.24) is 10.2 Å². The van der Waals surface area contributed by atoms with Gasteiger partial charge in [0.05, 0.1) is 0 Å². The molecule has 0 amide bonds. The lowest BCUT2D eigenvalue weighted by molar-refractivity contribution is 0.0904. The zero-order valence-corrected chi connectivity index (χ0v) is 12.2. The van der Waals surface area contributed by atoms with Crippen LogP contribution in [0.1, 0.15) is 32.3 Å². The summed E-state index contributed by atoms with van der Waals surface area (Å²) in [6, 6.07) is 11.6. The van der Waals surface area contributed by atoms with Crippen molar-refractivity contribution >= 4 is 0 Å². The van der Waals surface area contributed by atoms with Crippen molar-refractivity contribution in [1.29, 1.82) is 0 Å². The van der Waals surface area contributed by atoms with E-state index >= 15 is 0 Å². The first-order chi connectivity index (χ1) is 9.12. The van der Waals surface area contributed by atoms with Gasteiger partial charge in [-0.25, -0.2) is 0 Å². The highest BCUT2D eigenvalue weighted by Crippen LogP contribution is 2.32. The number of benzene rings is 1. The lowest BCUT2D eigenvalue weighted by Crippen LogP contribution is -2.62. The number of hydrogen-bond acceptors (Lipinski definition) is 2. The molecular formula is C17H26N2. The molecule has 1 aromatic carbocycles. The van der Waals surface area contributed by atoms with Crippen LogP contribution in [-0.2, 0) is 6.42 Å². The van der Waals surface area contributed by atoms with Crippen molar-refractivity contribution in [2.75, 3.05) is 19.6 Å². The lowest BCUT2D eigenvalue weighted by Gasteiger charge is -2.45. The molecule has 2 heteroatoms. The fourth-order valence-electron chi connectivity index (χ4n) is 3.15. The van der Waals surface area contributed by atoms with Gasteiger partial charge in [-0.3, -0.25) is 4.90 Å². The second-order valence-electron chi connectivity index (χ2n) is 6.98. The Morgan fingerprint density at radius 2 is 1.95 bits per heavy atom. The number of nitrogens with one attached hydrogen (secondary N) is 1. The minimum absolute atomic E-state index is 0.266. The van der Waals surface area contributed by atoms with Gasteiger partial charge in [-0.2, -0.15) is 0 Å². The minimum Gasteiger partial charge on any atom is -0.309 e. The maximum Gasteiger partial charge on any atom is 0.0262 e. The second-order valence-corrected chi connectivity index (χ2v) is 6.98. The quantitative estimate of drug-likeness (QED) is 0.893. The summed E-state index contributed by atoms with van der Waals surface area (Å²) in [4.78, 5) is 2.74. The van der Waals surface area contributed by atoms with Gasteiger partial charge < -0.3 is 5.32 Å². The molecule has 0 spiro atoms. The van der Waals surface area contributed by atoms with Crippen molar-refractivity contribution in [3.63, 3.8) is 0 Å². The first-order valence-corrected chi connectivity index (χ1v) is 7.65. The molecule has 0 bridgehead atoms. The molecule has 0 radical (unpaired) electrons. The Morgan fingerprint density at radius 3 is 2.63 bits per heavy atom. The topological polar surface area (TPSA) is 15.3 Å². The predicted octanol–water partition coefficient (Wildman–Crippen LogP) is 2.69. The molecule has 1 aliphatic carbocycles. The zero-order valence-electron chi connectivity index (χ0n) is 12.2. The minimum atomic E-state index is 0.266. The van der Waals surface area contributed by atoms with Crippen LogP contribution in [0.2, 0.25) is 0 Å². The fourth-order valence-corrected chi connectivity index (χ4v) is 3.15. The fraction of sp³-hybridized carbons (Fsp3) is 0.647. The smallest absolute Gasteiger partial charge is 0.0262 e. The van der Waals surface area contributed by atoms with Gasteiger partial charge in [0.1, 0.15) is 0 Å². The summed E-state index contributed by atoms with van der Waals surface area (Å²) in [7, 11) is 0. The molecule has 1 aliphatic heterocycles. The van der Waals surface area contributed by atoms with Gasteiger partial charge in [-0.1, -0.05) is 30.3 Å². The molecule has 1 unspecified atom stereocenters. The Balaban J connectivity index is 1.67. The monoisotopic (exact) mass is 258 g/mol. The van der Waals surface area contributed by atoms with E-state index in [9.17, 15) is 0 Å². The molecule has 1 N–H and O–H groups in total. The van der Waals surface area contributed by atoms with Gasteiger partial charge in [-0.05, 0) is 44.6 Å². The second kappa shape index (κ2) is 5.26. The van der Waals surface area contributed by atoms with Gasteiger partial charge in [0.25, 0.3) is 0 Å². The van der Waals surface area contributed by atoms with Crippen LogP contribution in [0.5, 0.6) is 0 Å². The maximum absolute atomic E-state index is 3.71. The Kier molecular flexibility index (Phi) is 3.64. The van der Waals surface area contributed by atoms with Crippen LogP contribution in [0.25, 0.3) is 0 Å². The molecule has 1 aromatic rings. The Labute approximate surface area is 117 Å². The highest BCUT2D eigenvalue weighted by atomic mass is 15.2. The molecule has 3 rings (SSSR count). The molecule has 1 heterocycles. The standard InChI is InChI=1S/C17H26N2/c1-17(2)13-19(12-15-8-9-15)16(11-18-17)10-14-6-4-3-5-7-14/h3-7,15-16,18H,8-13H2,1-2H3. The number of rotatable bonds is 4. The van der Waals surface area contributed by atoms with E-state index in [4.69, 9.17) is 0 Å². The Morgan fingerprint density at radius 1 is 1.21 bits per heavy atom. The van der Waals surface area contributed by atoms with E-state index < -0.39 is 0 Å². The van der Waals surface area contributed by atoms with E-state index in [0.717, 1.165) is 12.5 Å². The lowest BCUT2D eigenvalue weighted by atomic mass is 9.95. The van der Waals surface area contributed by atoms with Gasteiger partial charge in [0.15, 0.2) is 0 Å². The molecule has 0 aromatic heterocycles. The molecule has 1 saturated carbocycles. The van der Waals surface area contributed by atoms with Crippen LogP contribution >= 0.6 is 0 Å². The molecule has 1 atom stereocenters. The molecule has 2 nitrogen and oxygen atoms in total. The summed E-state index contributed by atoms with van der Waals surface area (Å²) in [6.45, 7) is 8.26. The Hall–Kier alpha value is -0.860. The zero-order chi connectivity index (χ0) is 13.3. The van der Waals surface area contributed by atoms with Gasteiger partial charge in [0, 0.05) is 31.2 Å². The molecule has 104 valence electrons. The van der Waals surface area contributed by atoms with Crippen LogP contribution in [0.4, 0.5) is 0 Å². The highest BCUT2D eigenvalue weighted by molar-refractivity contribution is 5.16. The Bertz CT molecular complexity index is 409. The molecule has 19 heavy (non-hydrogen) atoms. The van der Waals surface area contributed by atoms with E-state index in [1.807, 2.05) is 0 Å². The average molecular weight is 258 g/mol. The van der Waals surface area contributed by atoms with Crippen LogP contribution < -0.4 is 5.32 Å². The van der Waals surface area contributed by atoms with E-state index in [1.54, 1.807) is 0 Å². The van der Waals surface area contributed by atoms with Crippen molar-refractivity contribution in [3.8, 4) is 0 Å². The SMILES string of the molecule is CC1(C)CN(CC2CC2)C(Cc2ccccc2)CN1. The molecule has 2 aliphatic rings. The summed E-state index contributed by atoms with van der Waals surface area (Å²) in [5.74, 6) is 0.979. The molecule has 1 saturated heterocycles. The predicted molar refractivity (Wildman–Crippen MR) is 80.3 cm³/mol.